The normalized spacial score (nSPS) is 31.6. The molecule has 0 aromatic rings. The van der Waals surface area contributed by atoms with Crippen LogP contribution in [-0.4, -0.2) is 69.2 Å². The van der Waals surface area contributed by atoms with E-state index in [9.17, 15) is 39.0 Å². The Labute approximate surface area is 358 Å². The molecule has 16 nitrogen and oxygen atoms in total. The zero-order valence-corrected chi connectivity index (χ0v) is 35.6. The Morgan fingerprint density at radius 2 is 0.758 bits per heavy atom. The Morgan fingerprint density at radius 1 is 0.435 bits per heavy atom. The molecule has 0 amide bonds. The first-order valence-corrected chi connectivity index (χ1v) is 20.8. The number of rotatable bonds is 6. The number of hydrogen-bond donors (Lipinski definition) is 2. The minimum atomic E-state index is -1.60. The van der Waals surface area contributed by atoms with Gasteiger partial charge in [-0.3, -0.25) is 0 Å². The average Bonchev–Trinajstić information content (AvgIpc) is 3.11. The van der Waals surface area contributed by atoms with Crippen LogP contribution in [0.4, 0.5) is 0 Å². The number of carbonyl (C=O) groups excluding carboxylic acids is 6. The molecule has 16 heteroatoms. The third-order valence-corrected chi connectivity index (χ3v) is 11.9. The summed E-state index contributed by atoms with van der Waals surface area (Å²) in [6.07, 6.45) is 16.4. The van der Waals surface area contributed by atoms with Gasteiger partial charge in [-0.05, 0) is 59.8 Å². The fraction of sp³-hybridized carbons (Fsp3) is 0.522. The summed E-state index contributed by atoms with van der Waals surface area (Å²) in [6, 6.07) is 0. The van der Waals surface area contributed by atoms with E-state index in [1.807, 2.05) is 41.5 Å². The SMILES string of the molecule is CC1CC(C)(C)CC2(C1)OC(=O)C(=CC=CC=CC1=C(O)OC3(CCC4(CC3)OC(=O)C(C=CC=CC=C3C(=O)OC5(CC(C)CC(C)(C)C5)OC3=O)=C(O)O4)OC1=O)C(=O)O2. The highest BCUT2D eigenvalue weighted by Gasteiger charge is 2.56. The lowest BCUT2D eigenvalue weighted by atomic mass is 9.69. The Morgan fingerprint density at radius 3 is 1.06 bits per heavy atom. The molecule has 7 aliphatic rings. The molecule has 2 N–H and O–H groups in total. The lowest BCUT2D eigenvalue weighted by Gasteiger charge is -2.47. The van der Waals surface area contributed by atoms with Crippen LogP contribution < -0.4 is 0 Å². The number of aliphatic hydroxyl groups is 2. The van der Waals surface area contributed by atoms with Crippen LogP contribution in [0.5, 0.6) is 0 Å². The van der Waals surface area contributed by atoms with E-state index in [0.717, 1.165) is 12.8 Å². The van der Waals surface area contributed by atoms with Gasteiger partial charge in [0, 0.05) is 51.4 Å². The van der Waals surface area contributed by atoms with Gasteiger partial charge in [0.25, 0.3) is 35.0 Å². The molecule has 4 heterocycles. The van der Waals surface area contributed by atoms with Crippen LogP contribution in [0.3, 0.4) is 0 Å². The van der Waals surface area contributed by atoms with Crippen molar-refractivity contribution in [2.75, 3.05) is 0 Å². The van der Waals surface area contributed by atoms with Crippen LogP contribution >= 0.6 is 0 Å². The van der Waals surface area contributed by atoms with E-state index in [-0.39, 0.29) is 70.6 Å². The van der Waals surface area contributed by atoms with Crippen molar-refractivity contribution in [3.05, 3.63) is 94.9 Å². The van der Waals surface area contributed by atoms with Crippen LogP contribution in [0.25, 0.3) is 0 Å². The van der Waals surface area contributed by atoms with Crippen LogP contribution in [-0.2, 0) is 66.7 Å². The van der Waals surface area contributed by atoms with E-state index >= 15 is 0 Å². The lowest BCUT2D eigenvalue weighted by molar-refractivity contribution is -0.302. The van der Waals surface area contributed by atoms with E-state index in [1.165, 1.54) is 60.8 Å². The molecule has 4 spiro atoms. The van der Waals surface area contributed by atoms with Crippen molar-refractivity contribution in [2.24, 2.45) is 22.7 Å². The zero-order valence-electron chi connectivity index (χ0n) is 35.6. The Kier molecular flexibility index (Phi) is 11.4. The standard InChI is InChI=1S/C46H52O16/c1-27-21-41(3,4)25-45(23-27)59-37(51)31(38(52)60-45)15-11-7-9-13-29-33(47)55-43(56-34(29)48)17-19-44(20-18-43)57-35(49)30(36(50)58-44)14-10-8-12-16-32-39(53)61-46(62-40(32)54)24-28(2)22-42(5,6)26-46/h7-16,27-28,47,49H,17-26H2,1-6H3. The fourth-order valence-electron chi connectivity index (χ4n) is 10.1. The first-order chi connectivity index (χ1) is 29.0. The molecule has 7 rings (SSSR count). The minimum absolute atomic E-state index is 0.0803. The Bertz CT molecular complexity index is 2000. The van der Waals surface area contributed by atoms with Crippen molar-refractivity contribution in [1.82, 2.24) is 0 Å². The Balaban J connectivity index is 0.911. The summed E-state index contributed by atoms with van der Waals surface area (Å²) in [5.74, 6) is -11.8. The first-order valence-electron chi connectivity index (χ1n) is 20.8. The molecule has 2 atom stereocenters. The van der Waals surface area contributed by atoms with Crippen LogP contribution in [0.1, 0.15) is 106 Å². The van der Waals surface area contributed by atoms with Gasteiger partial charge in [0.05, 0.1) is 0 Å². The van der Waals surface area contributed by atoms with Gasteiger partial charge in [-0.15, -0.1) is 0 Å². The van der Waals surface area contributed by atoms with Crippen molar-refractivity contribution in [2.45, 2.75) is 129 Å². The second-order valence-corrected chi connectivity index (χ2v) is 19.0. The summed E-state index contributed by atoms with van der Waals surface area (Å²) in [4.78, 5) is 77.3. The van der Waals surface area contributed by atoms with Gasteiger partial charge in [0.1, 0.15) is 22.3 Å². The van der Waals surface area contributed by atoms with Gasteiger partial charge in [-0.2, -0.15) is 0 Å². The van der Waals surface area contributed by atoms with E-state index in [0.29, 0.717) is 25.7 Å². The number of esters is 6. The molecule has 0 aromatic heterocycles. The van der Waals surface area contributed by atoms with Gasteiger partial charge < -0.3 is 48.1 Å². The molecule has 2 saturated heterocycles. The summed E-state index contributed by atoms with van der Waals surface area (Å²) in [5.41, 5.74) is -1.51. The van der Waals surface area contributed by atoms with Crippen molar-refractivity contribution in [3.8, 4) is 0 Å². The largest absolute Gasteiger partial charge is 0.480 e. The molecule has 4 aliphatic heterocycles. The first kappa shape index (κ1) is 44.0. The summed E-state index contributed by atoms with van der Waals surface area (Å²) in [7, 11) is 0. The average molecular weight is 861 g/mol. The molecule has 332 valence electrons. The molecule has 62 heavy (non-hydrogen) atoms. The minimum Gasteiger partial charge on any atom is -0.480 e. The third-order valence-electron chi connectivity index (χ3n) is 11.9. The quantitative estimate of drug-likeness (QED) is 0.0903. The number of ether oxygens (including phenoxy) is 8. The van der Waals surface area contributed by atoms with Gasteiger partial charge >= 0.3 is 35.8 Å². The molecule has 5 fully saturated rings. The molecular weight excluding hydrogens is 808 g/mol. The van der Waals surface area contributed by atoms with Gasteiger partial charge in [0.15, 0.2) is 0 Å². The topological polar surface area (TPSA) is 217 Å². The number of aliphatic hydroxyl groups excluding tert-OH is 2. The highest BCUT2D eigenvalue weighted by atomic mass is 16.8. The van der Waals surface area contributed by atoms with Crippen LogP contribution in [0.2, 0.25) is 0 Å². The maximum absolute atomic E-state index is 13.0. The third kappa shape index (κ3) is 9.24. The molecular formula is C46H52O16. The molecule has 0 bridgehead atoms. The fourth-order valence-corrected chi connectivity index (χ4v) is 10.1. The number of allylic oxidation sites excluding steroid dienone is 8. The van der Waals surface area contributed by atoms with E-state index in [2.05, 4.69) is 0 Å². The lowest BCUT2D eigenvalue weighted by Crippen LogP contribution is -2.53. The highest BCUT2D eigenvalue weighted by molar-refractivity contribution is 6.16. The predicted octanol–water partition coefficient (Wildman–Crippen LogP) is 7.00. The van der Waals surface area contributed by atoms with Crippen LogP contribution in [0.15, 0.2) is 94.9 Å². The smallest absolute Gasteiger partial charge is 0.348 e. The van der Waals surface area contributed by atoms with Gasteiger partial charge in [-0.1, -0.05) is 78.0 Å². The second-order valence-electron chi connectivity index (χ2n) is 19.0. The molecule has 0 radical (unpaired) electrons. The summed E-state index contributed by atoms with van der Waals surface area (Å²) >= 11 is 0. The zero-order chi connectivity index (χ0) is 44.9. The van der Waals surface area contributed by atoms with E-state index in [4.69, 9.17) is 37.9 Å². The summed E-state index contributed by atoms with van der Waals surface area (Å²) in [6.45, 7) is 12.2. The predicted molar refractivity (Wildman–Crippen MR) is 214 cm³/mol. The van der Waals surface area contributed by atoms with Crippen LogP contribution in [0, 0.1) is 22.7 Å². The van der Waals surface area contributed by atoms with Crippen molar-refractivity contribution >= 4 is 35.8 Å². The maximum atomic E-state index is 13.0. The molecule has 3 saturated carbocycles. The van der Waals surface area contributed by atoms with Gasteiger partial charge in [0.2, 0.25) is 0 Å². The molecule has 0 aromatic carbocycles. The van der Waals surface area contributed by atoms with Gasteiger partial charge in [-0.25, -0.2) is 28.8 Å². The second kappa shape index (κ2) is 16.0. The van der Waals surface area contributed by atoms with Crippen molar-refractivity contribution < 1.29 is 76.9 Å². The number of carbonyl (C=O) groups is 6. The van der Waals surface area contributed by atoms with Crippen molar-refractivity contribution in [3.63, 3.8) is 0 Å². The summed E-state index contributed by atoms with van der Waals surface area (Å²) < 4.78 is 45.2. The molecule has 3 aliphatic carbocycles. The number of hydrogen-bond acceptors (Lipinski definition) is 16. The Hall–Kier alpha value is -6.06. The van der Waals surface area contributed by atoms with Crippen molar-refractivity contribution in [1.29, 1.82) is 0 Å². The monoisotopic (exact) mass is 860 g/mol. The summed E-state index contributed by atoms with van der Waals surface area (Å²) in [5, 5.41) is 21.4. The molecule has 2 unspecified atom stereocenters. The van der Waals surface area contributed by atoms with E-state index in [1.54, 1.807) is 0 Å². The highest BCUT2D eigenvalue weighted by Crippen LogP contribution is 2.50. The van der Waals surface area contributed by atoms with E-state index < -0.39 is 70.9 Å². The maximum Gasteiger partial charge on any atom is 0.348 e.